The number of hydrogen-bond acceptors (Lipinski definition) is 2. The molecule has 0 radical (unpaired) electrons. The van der Waals surface area contributed by atoms with Gasteiger partial charge in [-0.1, -0.05) is 25.1 Å². The molecular formula is C10H13NO2. The van der Waals surface area contributed by atoms with E-state index in [0.717, 1.165) is 5.69 Å². The van der Waals surface area contributed by atoms with Gasteiger partial charge in [0.2, 0.25) is 0 Å². The van der Waals surface area contributed by atoms with Crippen LogP contribution in [0.15, 0.2) is 30.3 Å². The third kappa shape index (κ3) is 2.78. The highest BCUT2D eigenvalue weighted by Crippen LogP contribution is 2.08. The third-order valence-electron chi connectivity index (χ3n) is 1.82. The predicted octanol–water partition coefficient (Wildman–Crippen LogP) is 1.96. The summed E-state index contributed by atoms with van der Waals surface area (Å²) in [6.45, 7) is 1.84. The second-order valence-corrected chi connectivity index (χ2v) is 2.81. The Morgan fingerprint density at radius 2 is 2.08 bits per heavy atom. The van der Waals surface area contributed by atoms with Crippen LogP contribution < -0.4 is 5.32 Å². The molecule has 2 N–H and O–H groups in total. The predicted molar refractivity (Wildman–Crippen MR) is 51.8 cm³/mol. The Labute approximate surface area is 77.4 Å². The standard InChI is InChI=1S/C10H13NO2/c1-2-9(10(12)13)11-8-6-4-3-5-7-8/h3-7,9,11H,2H2,1H3,(H,12,13). The Bertz CT molecular complexity index is 272. The first kappa shape index (κ1) is 9.58. The molecule has 1 aromatic carbocycles. The molecule has 3 heteroatoms. The number of carboxylic acid groups (broad SMARTS) is 1. The van der Waals surface area contributed by atoms with Crippen molar-refractivity contribution in [1.82, 2.24) is 0 Å². The average molecular weight is 179 g/mol. The van der Waals surface area contributed by atoms with Crippen LogP contribution >= 0.6 is 0 Å². The van der Waals surface area contributed by atoms with Crippen LogP contribution in [0.2, 0.25) is 0 Å². The molecule has 0 aliphatic rings. The van der Waals surface area contributed by atoms with E-state index in [9.17, 15) is 4.79 Å². The molecule has 0 amide bonds. The van der Waals surface area contributed by atoms with E-state index >= 15 is 0 Å². The van der Waals surface area contributed by atoms with Gasteiger partial charge in [-0.15, -0.1) is 0 Å². The molecule has 1 rings (SSSR count). The monoisotopic (exact) mass is 179 g/mol. The first-order chi connectivity index (χ1) is 6.24. The van der Waals surface area contributed by atoms with Crippen LogP contribution in [0, 0.1) is 0 Å². The maximum absolute atomic E-state index is 10.7. The van der Waals surface area contributed by atoms with Gasteiger partial charge in [-0.2, -0.15) is 0 Å². The summed E-state index contributed by atoms with van der Waals surface area (Å²) in [5, 5.41) is 11.7. The van der Waals surface area contributed by atoms with Gasteiger partial charge >= 0.3 is 5.97 Å². The zero-order valence-corrected chi connectivity index (χ0v) is 7.53. The van der Waals surface area contributed by atoms with E-state index in [4.69, 9.17) is 5.11 Å². The maximum Gasteiger partial charge on any atom is 0.326 e. The van der Waals surface area contributed by atoms with Crippen molar-refractivity contribution in [3.05, 3.63) is 30.3 Å². The lowest BCUT2D eigenvalue weighted by molar-refractivity contribution is -0.137. The van der Waals surface area contributed by atoms with Crippen LogP contribution in [-0.4, -0.2) is 17.1 Å². The van der Waals surface area contributed by atoms with Crippen LogP contribution in [-0.2, 0) is 4.79 Å². The van der Waals surface area contributed by atoms with Gasteiger partial charge < -0.3 is 10.4 Å². The Morgan fingerprint density at radius 3 is 2.54 bits per heavy atom. The van der Waals surface area contributed by atoms with Crippen molar-refractivity contribution in [3.8, 4) is 0 Å². The van der Waals surface area contributed by atoms with Gasteiger partial charge in [0.15, 0.2) is 0 Å². The molecule has 70 valence electrons. The SMILES string of the molecule is CCC(Nc1ccccc1)C(=O)O. The number of carboxylic acids is 1. The molecule has 0 spiro atoms. The van der Waals surface area contributed by atoms with Gasteiger partial charge in [0.25, 0.3) is 0 Å². The van der Waals surface area contributed by atoms with E-state index in [-0.39, 0.29) is 0 Å². The fourth-order valence-electron chi connectivity index (χ4n) is 1.07. The zero-order valence-electron chi connectivity index (χ0n) is 7.53. The van der Waals surface area contributed by atoms with E-state index < -0.39 is 12.0 Å². The molecule has 1 aromatic rings. The first-order valence-electron chi connectivity index (χ1n) is 4.28. The molecular weight excluding hydrogens is 166 g/mol. The quantitative estimate of drug-likeness (QED) is 0.742. The van der Waals surface area contributed by atoms with E-state index in [2.05, 4.69) is 5.32 Å². The van der Waals surface area contributed by atoms with Gasteiger partial charge in [0.1, 0.15) is 6.04 Å². The smallest absolute Gasteiger partial charge is 0.326 e. The second kappa shape index (κ2) is 4.50. The molecule has 0 aromatic heterocycles. The fraction of sp³-hybridized carbons (Fsp3) is 0.300. The van der Waals surface area contributed by atoms with E-state index in [1.807, 2.05) is 37.3 Å². The third-order valence-corrected chi connectivity index (χ3v) is 1.82. The first-order valence-corrected chi connectivity index (χ1v) is 4.28. The summed E-state index contributed by atoms with van der Waals surface area (Å²) in [6, 6.07) is 8.85. The maximum atomic E-state index is 10.7. The lowest BCUT2D eigenvalue weighted by Crippen LogP contribution is -2.28. The molecule has 1 unspecified atom stereocenters. The summed E-state index contributed by atoms with van der Waals surface area (Å²) in [6.07, 6.45) is 0.574. The van der Waals surface area contributed by atoms with Gasteiger partial charge in [-0.05, 0) is 18.6 Å². The topological polar surface area (TPSA) is 49.3 Å². The van der Waals surface area contributed by atoms with Crippen LogP contribution in [0.5, 0.6) is 0 Å². The van der Waals surface area contributed by atoms with Gasteiger partial charge in [0.05, 0.1) is 0 Å². The van der Waals surface area contributed by atoms with Crippen molar-refractivity contribution in [2.45, 2.75) is 19.4 Å². The largest absolute Gasteiger partial charge is 0.480 e. The summed E-state index contributed by atoms with van der Waals surface area (Å²) in [5.74, 6) is -0.814. The van der Waals surface area contributed by atoms with Crippen LogP contribution in [0.1, 0.15) is 13.3 Å². The molecule has 0 heterocycles. The number of hydrogen-bond donors (Lipinski definition) is 2. The molecule has 0 saturated heterocycles. The number of benzene rings is 1. The van der Waals surface area contributed by atoms with Crippen LogP contribution in [0.25, 0.3) is 0 Å². The summed E-state index contributed by atoms with van der Waals surface area (Å²) >= 11 is 0. The number of rotatable bonds is 4. The number of para-hydroxylation sites is 1. The van der Waals surface area contributed by atoms with Gasteiger partial charge in [-0.25, -0.2) is 4.79 Å². The number of carbonyl (C=O) groups is 1. The van der Waals surface area contributed by atoms with Crippen molar-refractivity contribution in [2.75, 3.05) is 5.32 Å². The molecule has 0 aliphatic heterocycles. The van der Waals surface area contributed by atoms with Gasteiger partial charge in [-0.3, -0.25) is 0 Å². The van der Waals surface area contributed by atoms with E-state index in [0.29, 0.717) is 6.42 Å². The molecule has 1 atom stereocenters. The molecule has 0 fully saturated rings. The highest BCUT2D eigenvalue weighted by atomic mass is 16.4. The molecule has 0 aliphatic carbocycles. The fourth-order valence-corrected chi connectivity index (χ4v) is 1.07. The van der Waals surface area contributed by atoms with Crippen molar-refractivity contribution < 1.29 is 9.90 Å². The molecule has 3 nitrogen and oxygen atoms in total. The Balaban J connectivity index is 2.62. The van der Waals surface area contributed by atoms with Crippen molar-refractivity contribution >= 4 is 11.7 Å². The van der Waals surface area contributed by atoms with E-state index in [1.54, 1.807) is 0 Å². The highest BCUT2D eigenvalue weighted by Gasteiger charge is 2.13. The van der Waals surface area contributed by atoms with Crippen LogP contribution in [0.4, 0.5) is 5.69 Å². The lowest BCUT2D eigenvalue weighted by Gasteiger charge is -2.12. The van der Waals surface area contributed by atoms with Crippen molar-refractivity contribution in [2.24, 2.45) is 0 Å². The van der Waals surface area contributed by atoms with E-state index in [1.165, 1.54) is 0 Å². The summed E-state index contributed by atoms with van der Waals surface area (Å²) in [5.41, 5.74) is 0.844. The van der Waals surface area contributed by atoms with Crippen molar-refractivity contribution in [1.29, 1.82) is 0 Å². The average Bonchev–Trinajstić information content (AvgIpc) is 2.15. The Morgan fingerprint density at radius 1 is 1.46 bits per heavy atom. The Kier molecular flexibility index (Phi) is 3.31. The summed E-state index contributed by atoms with van der Waals surface area (Å²) in [4.78, 5) is 10.7. The lowest BCUT2D eigenvalue weighted by atomic mass is 10.2. The second-order valence-electron chi connectivity index (χ2n) is 2.81. The zero-order chi connectivity index (χ0) is 9.68. The minimum absolute atomic E-state index is 0.498. The highest BCUT2D eigenvalue weighted by molar-refractivity contribution is 5.77. The molecule has 0 bridgehead atoms. The van der Waals surface area contributed by atoms with Crippen molar-refractivity contribution in [3.63, 3.8) is 0 Å². The minimum atomic E-state index is -0.814. The summed E-state index contributed by atoms with van der Waals surface area (Å²) < 4.78 is 0. The minimum Gasteiger partial charge on any atom is -0.480 e. The summed E-state index contributed by atoms with van der Waals surface area (Å²) in [7, 11) is 0. The molecule has 13 heavy (non-hydrogen) atoms. The number of aliphatic carboxylic acids is 1. The van der Waals surface area contributed by atoms with Gasteiger partial charge in [0, 0.05) is 5.69 Å². The molecule has 0 saturated carbocycles. The number of anilines is 1. The van der Waals surface area contributed by atoms with Crippen LogP contribution in [0.3, 0.4) is 0 Å². The normalized spacial score (nSPS) is 12.1. The Hall–Kier alpha value is -1.51. The number of nitrogens with one attached hydrogen (secondary N) is 1.